The Hall–Kier alpha value is -12.1. The summed E-state index contributed by atoms with van der Waals surface area (Å²) >= 11 is 0. The van der Waals surface area contributed by atoms with Gasteiger partial charge < -0.3 is 71.8 Å². The van der Waals surface area contributed by atoms with Crippen molar-refractivity contribution >= 4 is 85.5 Å². The molecule has 11 aromatic rings. The maximum Gasteiger partial charge on any atom is 0.224 e. The van der Waals surface area contributed by atoms with E-state index in [2.05, 4.69) is 262 Å². The maximum absolute atomic E-state index is 10.2. The average Bonchev–Trinajstić information content (AvgIpc) is 1.68. The van der Waals surface area contributed by atoms with Crippen LogP contribution in [0.3, 0.4) is 0 Å². The lowest BCUT2D eigenvalue weighted by molar-refractivity contribution is 0.00924. The molecule has 121 heavy (non-hydrogen) atoms. The number of nitrogens with one attached hydrogen (secondary N) is 9. The van der Waals surface area contributed by atoms with Gasteiger partial charge >= 0.3 is 0 Å². The van der Waals surface area contributed by atoms with Gasteiger partial charge in [0.15, 0.2) is 11.5 Å². The largest absolute Gasteiger partial charge is 0.441 e. The van der Waals surface area contributed by atoms with Crippen molar-refractivity contribution in [1.29, 1.82) is 5.26 Å². The summed E-state index contributed by atoms with van der Waals surface area (Å²) in [7, 11) is 0. The first-order chi connectivity index (χ1) is 58.2. The SMILES string of the molecule is C#Cc1cnc(NCCC2=CCc3ncccc32)nc1N[C@@H]1CC[C@H](O)C(C)(C)C1.C#Cc1cnc(NCCc2c[nH]c3ccccc23)nc1N[C@@H]1CC[C@H](O)C(C)(C)C1.C#Cc1cnc(NCCn2c(C)cc3ccccc32)nc1N[C@@H]1CC[C@H](O)C(C)(C)C1.C[C@H]1CC[C@@H](Nc2nc(NCCc3nc4ccccc4o3)ncc2C#N)CC1(C)C.[HH].[HH].[HH].[HH]. The summed E-state index contributed by atoms with van der Waals surface area (Å²) in [6.45, 7) is 25.3. The van der Waals surface area contributed by atoms with E-state index in [0.717, 1.165) is 132 Å². The lowest BCUT2D eigenvalue weighted by atomic mass is 9.68. The van der Waals surface area contributed by atoms with Crippen LogP contribution in [0, 0.1) is 82.9 Å². The van der Waals surface area contributed by atoms with Crippen molar-refractivity contribution in [2.45, 2.75) is 221 Å². The van der Waals surface area contributed by atoms with Crippen LogP contribution >= 0.6 is 0 Å². The zero-order chi connectivity index (χ0) is 85.4. The number of hydrogen-bond acceptors (Lipinski definition) is 23. The van der Waals surface area contributed by atoms with Gasteiger partial charge in [-0.1, -0.05) is 141 Å². The van der Waals surface area contributed by atoms with Gasteiger partial charge in [-0.25, -0.2) is 24.9 Å². The molecule has 3 aromatic carbocycles. The van der Waals surface area contributed by atoms with Gasteiger partial charge in [0.1, 0.15) is 40.4 Å². The minimum atomic E-state index is -0.270. The number of pyridine rings is 1. The zero-order valence-electron chi connectivity index (χ0n) is 71.5. The number of aromatic nitrogens is 12. The highest BCUT2D eigenvalue weighted by Gasteiger charge is 2.39. The van der Waals surface area contributed by atoms with Gasteiger partial charge in [-0.3, -0.25) is 4.98 Å². The molecule has 0 radical (unpaired) electrons. The summed E-state index contributed by atoms with van der Waals surface area (Å²) in [5.41, 5.74) is 12.6. The van der Waals surface area contributed by atoms with E-state index < -0.39 is 0 Å². The van der Waals surface area contributed by atoms with E-state index in [0.29, 0.717) is 107 Å². The third-order valence-corrected chi connectivity index (χ3v) is 25.0. The highest BCUT2D eigenvalue weighted by molar-refractivity contribution is 5.83. The molecule has 0 saturated heterocycles. The first kappa shape index (κ1) is 86.7. The Morgan fingerprint density at radius 1 is 0.529 bits per heavy atom. The van der Waals surface area contributed by atoms with E-state index in [1.54, 1.807) is 24.8 Å². The predicted molar refractivity (Wildman–Crippen MR) is 493 cm³/mol. The number of oxazole rings is 1. The molecule has 12 N–H and O–H groups in total. The van der Waals surface area contributed by atoms with Crippen molar-refractivity contribution in [2.24, 2.45) is 27.6 Å². The van der Waals surface area contributed by atoms with Crippen molar-refractivity contribution in [2.75, 3.05) is 68.7 Å². The number of allylic oxidation sites excluding steroid dienone is 1. The van der Waals surface area contributed by atoms with Gasteiger partial charge in [0.2, 0.25) is 23.8 Å². The fourth-order valence-electron chi connectivity index (χ4n) is 17.3. The van der Waals surface area contributed by atoms with E-state index in [9.17, 15) is 20.6 Å². The Morgan fingerprint density at radius 3 is 1.53 bits per heavy atom. The Bertz CT molecular complexity index is 5580. The topological polar surface area (TPSA) is 343 Å². The van der Waals surface area contributed by atoms with E-state index in [-0.39, 0.29) is 63.8 Å². The molecular weight excluding hydrogens is 1510 g/mol. The molecule has 0 bridgehead atoms. The molecule has 0 aliphatic heterocycles. The molecule has 4 fully saturated rings. The van der Waals surface area contributed by atoms with Crippen LogP contribution in [-0.4, -0.2) is 143 Å². The number of terminal acetylenes is 3. The number of nitriles is 1. The van der Waals surface area contributed by atoms with Crippen molar-refractivity contribution in [3.8, 4) is 43.1 Å². The monoisotopic (exact) mass is 1640 g/mol. The van der Waals surface area contributed by atoms with Gasteiger partial charge in [0.05, 0.1) is 65.5 Å². The first-order valence-electron chi connectivity index (χ1n) is 42.7. The summed E-state index contributed by atoms with van der Waals surface area (Å²) in [6.07, 6.45) is 43.2. The predicted octanol–water partition coefficient (Wildman–Crippen LogP) is 17.5. The molecule has 8 aromatic heterocycles. The Morgan fingerprint density at radius 2 is 1.00 bits per heavy atom. The van der Waals surface area contributed by atoms with Gasteiger partial charge in [-0.2, -0.15) is 25.2 Å². The lowest BCUT2D eigenvalue weighted by Gasteiger charge is -2.41. The van der Waals surface area contributed by atoms with Gasteiger partial charge in [0, 0.05) is 110 Å². The van der Waals surface area contributed by atoms with Gasteiger partial charge in [-0.15, -0.1) is 19.3 Å². The van der Waals surface area contributed by atoms with Crippen LogP contribution in [0.25, 0.3) is 38.5 Å². The van der Waals surface area contributed by atoms with Gasteiger partial charge in [0.25, 0.3) is 0 Å². The van der Waals surface area contributed by atoms with Crippen LogP contribution < -0.4 is 42.5 Å². The van der Waals surface area contributed by atoms with Crippen molar-refractivity contribution in [1.82, 2.24) is 59.4 Å². The minimum Gasteiger partial charge on any atom is -0.441 e. The van der Waals surface area contributed by atoms with Crippen LogP contribution in [0.1, 0.15) is 202 Å². The summed E-state index contributed by atoms with van der Waals surface area (Å²) in [5.74, 6) is 14.2. The molecule has 5 aliphatic rings. The summed E-state index contributed by atoms with van der Waals surface area (Å²) < 4.78 is 8.05. The van der Waals surface area contributed by atoms with Crippen LogP contribution in [0.4, 0.5) is 47.1 Å². The number of H-pyrrole nitrogens is 1. The minimum absolute atomic E-state index is 0. The molecule has 638 valence electrons. The summed E-state index contributed by atoms with van der Waals surface area (Å²) in [5, 5.41) is 69.8. The van der Waals surface area contributed by atoms with Crippen molar-refractivity contribution in [3.63, 3.8) is 0 Å². The third-order valence-electron chi connectivity index (χ3n) is 25.0. The molecule has 25 heteroatoms. The summed E-state index contributed by atoms with van der Waals surface area (Å²) in [4.78, 5) is 48.2. The van der Waals surface area contributed by atoms with Crippen LogP contribution in [0.5, 0.6) is 0 Å². The smallest absolute Gasteiger partial charge is 0.224 e. The van der Waals surface area contributed by atoms with Gasteiger partial charge in [-0.05, 0) is 183 Å². The summed E-state index contributed by atoms with van der Waals surface area (Å²) in [6, 6.07) is 33.9. The Kier molecular flexibility index (Phi) is 27.9. The molecule has 16 rings (SSSR count). The number of anilines is 8. The van der Waals surface area contributed by atoms with Crippen LogP contribution in [0.15, 0.2) is 139 Å². The normalized spacial score (nSPS) is 20.9. The van der Waals surface area contributed by atoms with E-state index >= 15 is 0 Å². The first-order valence-corrected chi connectivity index (χ1v) is 42.7. The number of nitrogens with zero attached hydrogens (tertiary/aromatic N) is 12. The molecule has 0 spiro atoms. The third kappa shape index (κ3) is 22.1. The van der Waals surface area contributed by atoms with Crippen molar-refractivity contribution < 1.29 is 25.4 Å². The lowest BCUT2D eigenvalue weighted by Crippen LogP contribution is -2.41. The van der Waals surface area contributed by atoms with E-state index in [4.69, 9.17) is 23.7 Å². The van der Waals surface area contributed by atoms with E-state index in [1.807, 2.05) is 42.6 Å². The molecule has 8 heterocycles. The number of aliphatic hydroxyl groups is 3. The fraction of sp³-hybridized carbons (Fsp3) is 0.448. The second-order valence-corrected chi connectivity index (χ2v) is 35.6. The molecular formula is C96H125N21O4. The standard InChI is InChI=1S/C25H31N5O.2C24H29N5O.C23H28N6O.4H2/c1-5-18-16-27-24(29-23(18)28-20-10-11-22(31)25(3,4)15-20)26-12-13-30-17(2)14-19-8-6-7-9-21(19)30;1-4-16-15-27-23(26-13-11-17-7-9-20-19(17)6-5-12-25-20)29-22(16)28-18-8-10-21(30)24(2,3)14-18;1-4-16-14-27-23(25-12-11-17-15-26-20-8-6-5-7-19(17)20)29-22(16)28-18-9-10-21(30)24(2,3)13-18;1-15-8-9-17(12-23(15,2)3)27-21-16(13-24)14-26-22(29-21)25-11-10-20-28-18-6-4-5-7-19(18)30-20;;;;/h1,6-9,14,16,20,22,31H,10-13,15H2,2-4H3,(H2,26,27,28,29);1,5-7,12,15,18,21,30H,8-11,13-14H2,2-3H3,(H2,26,27,28,29);1,5-8,14-15,18,21,26,30H,9-13H2,2-3H3,(H2,25,27,28,29);4-7,14-15,17H,8-12H2,1-3H3,(H2,25,26,27,29);4*1H/t20-,22+;2*18-,21+;15-,17+;;;;/m1110..../s1. The number of para-hydroxylation sites is 4. The molecule has 0 unspecified atom stereocenters. The Labute approximate surface area is 717 Å². The molecule has 8 atom stereocenters. The number of hydrogen-bond donors (Lipinski definition) is 12. The Balaban J connectivity index is 0.000000187. The van der Waals surface area contributed by atoms with Crippen LogP contribution in [0.2, 0.25) is 0 Å². The second-order valence-electron chi connectivity index (χ2n) is 35.6. The molecule has 0 amide bonds. The van der Waals surface area contributed by atoms with Crippen molar-refractivity contribution in [3.05, 3.63) is 185 Å². The molecule has 5 aliphatic carbocycles. The zero-order valence-corrected chi connectivity index (χ0v) is 71.5. The molecule has 25 nitrogen and oxygen atoms in total. The number of aromatic amines is 1. The number of rotatable bonds is 24. The number of aliphatic hydroxyl groups excluding tert-OH is 3. The number of fused-ring (bicyclic) bond motifs is 4. The maximum atomic E-state index is 10.2. The second kappa shape index (κ2) is 38.9. The quantitative estimate of drug-likeness (QED) is 0.0250. The fourth-order valence-corrected chi connectivity index (χ4v) is 17.3. The average molecular weight is 1640 g/mol. The number of aryl methyl sites for hydroxylation is 1. The number of benzene rings is 3. The molecule has 4 saturated carbocycles. The van der Waals surface area contributed by atoms with Crippen LogP contribution in [-0.2, 0) is 25.8 Å². The van der Waals surface area contributed by atoms with E-state index in [1.165, 1.54) is 45.1 Å². The highest BCUT2D eigenvalue weighted by atomic mass is 16.3. The highest BCUT2D eigenvalue weighted by Crippen LogP contribution is 2.43.